The molecule has 0 amide bonds. The zero-order valence-corrected chi connectivity index (χ0v) is 31.5. The summed E-state index contributed by atoms with van der Waals surface area (Å²) >= 11 is 0. The van der Waals surface area contributed by atoms with Crippen LogP contribution in [0.15, 0.2) is 170 Å². The lowest BCUT2D eigenvalue weighted by molar-refractivity contribution is 0.759. The van der Waals surface area contributed by atoms with E-state index in [-0.39, 0.29) is 0 Å². The minimum atomic E-state index is 0.404. The van der Waals surface area contributed by atoms with Crippen LogP contribution in [-0.4, -0.2) is 0 Å². The van der Waals surface area contributed by atoms with Crippen molar-refractivity contribution in [2.24, 2.45) is 0 Å². The van der Waals surface area contributed by atoms with Crippen molar-refractivity contribution in [2.45, 2.75) is 47.0 Å². The van der Waals surface area contributed by atoms with Gasteiger partial charge in [-0.3, -0.25) is 0 Å². The van der Waals surface area contributed by atoms with E-state index in [1.54, 1.807) is 0 Å². The van der Waals surface area contributed by atoms with E-state index in [4.69, 9.17) is 0 Å². The second kappa shape index (κ2) is 16.0. The molecule has 0 aliphatic carbocycles. The fourth-order valence-electron chi connectivity index (χ4n) is 6.78. The monoisotopic (exact) mass is 688 g/mol. The Hall–Kier alpha value is -6.12. The van der Waals surface area contributed by atoms with Crippen LogP contribution >= 0.6 is 0 Å². The Labute approximate surface area is 316 Å². The van der Waals surface area contributed by atoms with E-state index < -0.39 is 0 Å². The van der Waals surface area contributed by atoms with Gasteiger partial charge in [-0.1, -0.05) is 138 Å². The molecule has 0 aliphatic rings. The number of hydrogen-bond acceptors (Lipinski definition) is 2. The molecule has 0 bridgehead atoms. The van der Waals surface area contributed by atoms with E-state index in [1.807, 2.05) is 0 Å². The van der Waals surface area contributed by atoms with Crippen molar-refractivity contribution in [3.63, 3.8) is 0 Å². The highest BCUT2D eigenvalue weighted by atomic mass is 15.1. The predicted octanol–water partition coefficient (Wildman–Crippen LogP) is 14.4. The van der Waals surface area contributed by atoms with Gasteiger partial charge in [0.15, 0.2) is 0 Å². The second-order valence-corrected chi connectivity index (χ2v) is 14.4. The Morgan fingerprint density at radius 3 is 0.943 bits per heavy atom. The van der Waals surface area contributed by atoms with E-state index in [0.717, 1.165) is 40.5 Å². The van der Waals surface area contributed by atoms with Gasteiger partial charge in [0, 0.05) is 34.1 Å². The zero-order valence-electron chi connectivity index (χ0n) is 31.5. The molecule has 7 aromatic carbocycles. The van der Waals surface area contributed by atoms with Gasteiger partial charge in [0.25, 0.3) is 0 Å². The average molecular weight is 689 g/mol. The van der Waals surface area contributed by atoms with Crippen LogP contribution in [0.1, 0.15) is 57.3 Å². The highest BCUT2D eigenvalue weighted by Crippen LogP contribution is 2.37. The summed E-state index contributed by atoms with van der Waals surface area (Å²) in [5.41, 5.74) is 17.0. The van der Waals surface area contributed by atoms with Crippen LogP contribution in [0.2, 0.25) is 0 Å². The topological polar surface area (TPSA) is 6.48 Å². The van der Waals surface area contributed by atoms with Crippen LogP contribution in [-0.2, 0) is 6.42 Å². The molecule has 1 unspecified atom stereocenters. The molecule has 0 N–H and O–H groups in total. The molecular weight excluding hydrogens is 641 g/mol. The normalized spacial score (nSPS) is 11.8. The number of anilines is 6. The smallest absolute Gasteiger partial charge is 0.0462 e. The largest absolute Gasteiger partial charge is 0.311 e. The highest BCUT2D eigenvalue weighted by molar-refractivity contribution is 5.79. The first-order chi connectivity index (χ1) is 25.8. The Balaban J connectivity index is 1.01. The van der Waals surface area contributed by atoms with Crippen LogP contribution in [0.25, 0.3) is 12.2 Å². The summed E-state index contributed by atoms with van der Waals surface area (Å²) in [6.45, 7) is 10.8. The van der Waals surface area contributed by atoms with Crippen molar-refractivity contribution in [2.75, 3.05) is 9.80 Å². The Morgan fingerprint density at radius 1 is 0.358 bits per heavy atom. The summed E-state index contributed by atoms with van der Waals surface area (Å²) < 4.78 is 0. The number of rotatable bonds is 11. The van der Waals surface area contributed by atoms with Gasteiger partial charge in [-0.05, 0) is 135 Å². The van der Waals surface area contributed by atoms with Gasteiger partial charge >= 0.3 is 0 Å². The molecule has 2 nitrogen and oxygen atoms in total. The molecule has 0 aliphatic heterocycles. The molecular formula is C51H48N2. The van der Waals surface area contributed by atoms with Gasteiger partial charge in [0.2, 0.25) is 0 Å². The van der Waals surface area contributed by atoms with Crippen molar-refractivity contribution in [1.82, 2.24) is 0 Å². The number of hydrogen-bond donors (Lipinski definition) is 0. The Kier molecular flexibility index (Phi) is 10.7. The average Bonchev–Trinajstić information content (AvgIpc) is 3.18. The van der Waals surface area contributed by atoms with Gasteiger partial charge in [-0.15, -0.1) is 0 Å². The third-order valence-corrected chi connectivity index (χ3v) is 10.0. The molecule has 53 heavy (non-hydrogen) atoms. The molecule has 7 aromatic rings. The third kappa shape index (κ3) is 8.68. The minimum absolute atomic E-state index is 0.404. The van der Waals surface area contributed by atoms with Crippen molar-refractivity contribution >= 4 is 46.3 Å². The van der Waals surface area contributed by atoms with Crippen molar-refractivity contribution in [1.29, 1.82) is 0 Å². The fourth-order valence-corrected chi connectivity index (χ4v) is 6.78. The van der Waals surface area contributed by atoms with E-state index in [1.165, 1.54) is 44.5 Å². The van der Waals surface area contributed by atoms with Crippen LogP contribution in [0.3, 0.4) is 0 Å². The Bertz CT molecular complexity index is 2150. The number of aryl methyl sites for hydroxylation is 4. The number of benzene rings is 7. The summed E-state index contributed by atoms with van der Waals surface area (Å²) in [5, 5.41) is 0. The van der Waals surface area contributed by atoms with E-state index in [2.05, 4.69) is 226 Å². The lowest BCUT2D eigenvalue weighted by Gasteiger charge is -2.26. The summed E-state index contributed by atoms with van der Waals surface area (Å²) in [6, 6.07) is 61.9. The van der Waals surface area contributed by atoms with Gasteiger partial charge < -0.3 is 9.80 Å². The molecule has 0 saturated carbocycles. The highest BCUT2D eigenvalue weighted by Gasteiger charge is 2.14. The summed E-state index contributed by atoms with van der Waals surface area (Å²) in [4.78, 5) is 4.64. The van der Waals surface area contributed by atoms with Crippen LogP contribution < -0.4 is 9.80 Å². The molecule has 0 heterocycles. The fraction of sp³-hybridized carbons (Fsp3) is 0.137. The maximum absolute atomic E-state index is 2.33. The number of nitrogens with zero attached hydrogens (tertiary/aromatic N) is 2. The lowest BCUT2D eigenvalue weighted by Crippen LogP contribution is -2.10. The first-order valence-electron chi connectivity index (χ1n) is 18.6. The molecule has 0 fully saturated rings. The van der Waals surface area contributed by atoms with Crippen molar-refractivity contribution in [3.8, 4) is 0 Å². The Morgan fingerprint density at radius 2 is 0.623 bits per heavy atom. The second-order valence-electron chi connectivity index (χ2n) is 14.4. The van der Waals surface area contributed by atoms with E-state index in [9.17, 15) is 0 Å². The van der Waals surface area contributed by atoms with Crippen LogP contribution in [0, 0.1) is 27.7 Å². The van der Waals surface area contributed by atoms with Gasteiger partial charge in [-0.25, -0.2) is 0 Å². The molecule has 0 saturated heterocycles. The predicted molar refractivity (Wildman–Crippen MR) is 229 cm³/mol. The maximum Gasteiger partial charge on any atom is 0.0462 e. The molecule has 0 spiro atoms. The van der Waals surface area contributed by atoms with Gasteiger partial charge in [0.05, 0.1) is 0 Å². The van der Waals surface area contributed by atoms with Crippen LogP contribution in [0.4, 0.5) is 34.1 Å². The first kappa shape index (κ1) is 35.3. The van der Waals surface area contributed by atoms with E-state index in [0.29, 0.717) is 5.92 Å². The van der Waals surface area contributed by atoms with Crippen molar-refractivity contribution < 1.29 is 0 Å². The molecule has 2 heteroatoms. The SMILES string of the molecule is Cc1ccc(N(c2ccc(C)cc2)c2ccc(/C=C/c3ccc(C(C)Cc4ccc(N(c5ccc(C)cc5)c5ccc(C)cc5)cc4)cc3)cc2)cc1. The third-order valence-electron chi connectivity index (χ3n) is 10.0. The summed E-state index contributed by atoms with van der Waals surface area (Å²) in [5.74, 6) is 0.404. The lowest BCUT2D eigenvalue weighted by atomic mass is 9.93. The van der Waals surface area contributed by atoms with Gasteiger partial charge in [-0.2, -0.15) is 0 Å². The minimum Gasteiger partial charge on any atom is -0.311 e. The molecule has 0 radical (unpaired) electrons. The van der Waals surface area contributed by atoms with E-state index >= 15 is 0 Å². The van der Waals surface area contributed by atoms with Gasteiger partial charge in [0.1, 0.15) is 0 Å². The summed E-state index contributed by atoms with van der Waals surface area (Å²) in [7, 11) is 0. The molecule has 0 aromatic heterocycles. The van der Waals surface area contributed by atoms with Crippen molar-refractivity contribution in [3.05, 3.63) is 214 Å². The maximum atomic E-state index is 2.33. The quantitative estimate of drug-likeness (QED) is 0.125. The van der Waals surface area contributed by atoms with Crippen LogP contribution in [0.5, 0.6) is 0 Å². The zero-order chi connectivity index (χ0) is 36.7. The molecule has 1 atom stereocenters. The first-order valence-corrected chi connectivity index (χ1v) is 18.6. The standard InChI is InChI=1S/C51H48N2/c1-37-6-24-46(25-7-37)52(47-26-8-38(2)9-27-47)50-32-18-43(19-33-50)15-14-42-16-22-45(23-17-42)41(5)36-44-20-34-51(35-21-44)53(48-28-10-39(3)11-29-48)49-30-12-40(4)13-31-49/h6-35,41H,36H2,1-5H3/b15-14+. The molecule has 262 valence electrons. The summed E-state index contributed by atoms with van der Waals surface area (Å²) in [6.07, 6.45) is 5.38. The molecule has 7 rings (SSSR count).